The Morgan fingerprint density at radius 2 is 1.61 bits per heavy atom. The molecule has 0 spiro atoms. The van der Waals surface area contributed by atoms with Crippen LogP contribution in [0.4, 0.5) is 0 Å². The van der Waals surface area contributed by atoms with E-state index in [1.54, 1.807) is 42.2 Å². The maximum Gasteiger partial charge on any atom is 0.277 e. The zero-order chi connectivity index (χ0) is 19.8. The van der Waals surface area contributed by atoms with Gasteiger partial charge in [-0.05, 0) is 54.1 Å². The average molecular weight is 431 g/mol. The third kappa shape index (κ3) is 6.30. The number of hydrazone groups is 1. The minimum absolute atomic E-state index is 0.169. The molecule has 0 saturated heterocycles. The van der Waals surface area contributed by atoms with E-state index in [0.29, 0.717) is 10.8 Å². The minimum atomic E-state index is -0.369. The summed E-state index contributed by atoms with van der Waals surface area (Å²) >= 11 is 13.5. The monoisotopic (exact) mass is 430 g/mol. The van der Waals surface area contributed by atoms with Crippen LogP contribution in [0.1, 0.15) is 5.56 Å². The zero-order valence-electron chi connectivity index (χ0n) is 14.6. The van der Waals surface area contributed by atoms with Crippen LogP contribution in [0, 0.1) is 0 Å². The van der Waals surface area contributed by atoms with Crippen molar-refractivity contribution in [2.75, 3.05) is 6.61 Å². The lowest BCUT2D eigenvalue weighted by Crippen LogP contribution is -2.24. The zero-order valence-corrected chi connectivity index (χ0v) is 17.0. The number of ether oxygens (including phenoxy) is 1. The Morgan fingerprint density at radius 3 is 2.29 bits per heavy atom. The number of nitrogens with one attached hydrogen (secondary N) is 1. The summed E-state index contributed by atoms with van der Waals surface area (Å²) in [5.74, 6) is 0.0863. The van der Waals surface area contributed by atoms with Gasteiger partial charge in [-0.3, -0.25) is 4.79 Å². The molecule has 0 aromatic heterocycles. The van der Waals surface area contributed by atoms with Gasteiger partial charge in [-0.15, -0.1) is 0 Å². The summed E-state index contributed by atoms with van der Waals surface area (Å²) in [6, 6.07) is 22.5. The van der Waals surface area contributed by atoms with E-state index in [4.69, 9.17) is 27.9 Å². The lowest BCUT2D eigenvalue weighted by atomic mass is 10.2. The van der Waals surface area contributed by atoms with Crippen LogP contribution >= 0.6 is 35.0 Å². The van der Waals surface area contributed by atoms with Crippen molar-refractivity contribution in [3.8, 4) is 5.75 Å². The molecule has 0 unspecified atom stereocenters. The van der Waals surface area contributed by atoms with Crippen LogP contribution in [-0.4, -0.2) is 18.7 Å². The maximum atomic E-state index is 11.8. The van der Waals surface area contributed by atoms with Crippen LogP contribution in [0.5, 0.6) is 5.75 Å². The number of halogens is 2. The summed E-state index contributed by atoms with van der Waals surface area (Å²) in [5, 5.41) is 5.11. The van der Waals surface area contributed by atoms with E-state index in [1.807, 2.05) is 48.5 Å². The van der Waals surface area contributed by atoms with Crippen molar-refractivity contribution in [1.29, 1.82) is 0 Å². The smallest absolute Gasteiger partial charge is 0.277 e. The number of benzene rings is 3. The second kappa shape index (κ2) is 10.2. The summed E-state index contributed by atoms with van der Waals surface area (Å²) in [6.07, 6.45) is 1.57. The van der Waals surface area contributed by atoms with Gasteiger partial charge >= 0.3 is 0 Å². The molecule has 0 saturated carbocycles. The second-order valence-electron chi connectivity index (χ2n) is 5.64. The molecule has 3 aromatic carbocycles. The van der Waals surface area contributed by atoms with E-state index < -0.39 is 0 Å². The number of nitrogens with zero attached hydrogens (tertiary/aromatic N) is 1. The summed E-state index contributed by atoms with van der Waals surface area (Å²) in [7, 11) is 0. The molecule has 0 heterocycles. The fraction of sp³-hybridized carbons (Fsp3) is 0.0476. The van der Waals surface area contributed by atoms with E-state index in [2.05, 4.69) is 10.5 Å². The molecular formula is C21H16Cl2N2O2S. The van der Waals surface area contributed by atoms with Crippen LogP contribution < -0.4 is 10.2 Å². The molecular weight excluding hydrogens is 415 g/mol. The summed E-state index contributed by atoms with van der Waals surface area (Å²) in [5.41, 5.74) is 3.29. The van der Waals surface area contributed by atoms with E-state index in [-0.39, 0.29) is 12.5 Å². The molecule has 0 aliphatic rings. The molecule has 0 aliphatic heterocycles. The lowest BCUT2D eigenvalue weighted by molar-refractivity contribution is -0.123. The van der Waals surface area contributed by atoms with E-state index in [0.717, 1.165) is 20.4 Å². The number of carbonyl (C=O) groups excluding carboxylic acids is 1. The highest BCUT2D eigenvalue weighted by Gasteiger charge is 2.04. The third-order valence-electron chi connectivity index (χ3n) is 3.53. The van der Waals surface area contributed by atoms with Crippen LogP contribution in [-0.2, 0) is 4.79 Å². The number of carbonyl (C=O) groups is 1. The lowest BCUT2D eigenvalue weighted by Gasteiger charge is -2.06. The van der Waals surface area contributed by atoms with Crippen molar-refractivity contribution in [1.82, 2.24) is 5.43 Å². The molecule has 1 amide bonds. The van der Waals surface area contributed by atoms with Crippen LogP contribution in [0.15, 0.2) is 87.7 Å². The van der Waals surface area contributed by atoms with Gasteiger partial charge < -0.3 is 4.74 Å². The first kappa shape index (κ1) is 20.3. The summed E-state index contributed by atoms with van der Waals surface area (Å²) in [6.45, 7) is -0.169. The standard InChI is InChI=1S/C21H16Cl2N2O2S/c22-16-7-11-18(12-8-16)28-17-9-5-15(6-10-17)13-24-25-21(26)14-27-20-4-2-1-3-19(20)23/h1-13H,14H2,(H,25,26)/b24-13+. The minimum Gasteiger partial charge on any atom is -0.482 e. The Kier molecular flexibility index (Phi) is 7.37. The fourth-order valence-corrected chi connectivity index (χ4v) is 3.31. The van der Waals surface area contributed by atoms with Gasteiger partial charge in [0, 0.05) is 14.8 Å². The summed E-state index contributed by atoms with van der Waals surface area (Å²) < 4.78 is 5.35. The van der Waals surface area contributed by atoms with Crippen molar-refractivity contribution >= 4 is 47.1 Å². The summed E-state index contributed by atoms with van der Waals surface area (Å²) in [4.78, 5) is 14.0. The molecule has 7 heteroatoms. The Morgan fingerprint density at radius 1 is 0.964 bits per heavy atom. The van der Waals surface area contributed by atoms with Crippen LogP contribution in [0.2, 0.25) is 10.0 Å². The molecule has 0 atom stereocenters. The molecule has 0 bridgehead atoms. The molecule has 142 valence electrons. The number of hydrogen-bond donors (Lipinski definition) is 1. The number of hydrogen-bond acceptors (Lipinski definition) is 4. The van der Waals surface area contributed by atoms with Crippen molar-refractivity contribution in [3.05, 3.63) is 88.4 Å². The number of amides is 1. The molecule has 3 rings (SSSR count). The normalized spacial score (nSPS) is 10.8. The van der Waals surface area contributed by atoms with Gasteiger partial charge in [0.25, 0.3) is 5.91 Å². The Labute approximate surface area is 177 Å². The molecule has 0 aliphatic carbocycles. The molecule has 0 radical (unpaired) electrons. The van der Waals surface area contributed by atoms with Gasteiger partial charge in [-0.1, -0.05) is 59.2 Å². The largest absolute Gasteiger partial charge is 0.482 e. The number of rotatable bonds is 7. The predicted molar refractivity (Wildman–Crippen MR) is 115 cm³/mol. The number of para-hydroxylation sites is 1. The fourth-order valence-electron chi connectivity index (χ4n) is 2.18. The highest BCUT2D eigenvalue weighted by Crippen LogP contribution is 2.28. The van der Waals surface area contributed by atoms with E-state index in [1.165, 1.54) is 0 Å². The van der Waals surface area contributed by atoms with Gasteiger partial charge in [0.05, 0.1) is 11.2 Å². The SMILES string of the molecule is O=C(COc1ccccc1Cl)N/N=C/c1ccc(Sc2ccc(Cl)cc2)cc1. The Bertz CT molecular complexity index is 961. The molecule has 28 heavy (non-hydrogen) atoms. The van der Waals surface area contributed by atoms with Gasteiger partial charge in [0.2, 0.25) is 0 Å². The molecule has 3 aromatic rings. The van der Waals surface area contributed by atoms with Crippen molar-refractivity contribution in [2.45, 2.75) is 9.79 Å². The Hall–Kier alpha value is -2.47. The van der Waals surface area contributed by atoms with Crippen LogP contribution in [0.25, 0.3) is 0 Å². The second-order valence-corrected chi connectivity index (χ2v) is 7.63. The first-order chi connectivity index (χ1) is 13.6. The third-order valence-corrected chi connectivity index (χ3v) is 5.11. The predicted octanol–water partition coefficient (Wildman–Crippen LogP) is 5.67. The average Bonchev–Trinajstić information content (AvgIpc) is 2.70. The topological polar surface area (TPSA) is 50.7 Å². The molecule has 4 nitrogen and oxygen atoms in total. The first-order valence-electron chi connectivity index (χ1n) is 8.33. The van der Waals surface area contributed by atoms with Crippen LogP contribution in [0.3, 0.4) is 0 Å². The Balaban J connectivity index is 1.47. The molecule has 1 N–H and O–H groups in total. The van der Waals surface area contributed by atoms with Gasteiger partial charge in [-0.25, -0.2) is 5.43 Å². The highest BCUT2D eigenvalue weighted by atomic mass is 35.5. The van der Waals surface area contributed by atoms with Crippen molar-refractivity contribution < 1.29 is 9.53 Å². The molecule has 0 fully saturated rings. The maximum absolute atomic E-state index is 11.8. The van der Waals surface area contributed by atoms with Crippen molar-refractivity contribution in [3.63, 3.8) is 0 Å². The van der Waals surface area contributed by atoms with Gasteiger partial charge in [-0.2, -0.15) is 5.10 Å². The quantitative estimate of drug-likeness (QED) is 0.387. The first-order valence-corrected chi connectivity index (χ1v) is 9.90. The van der Waals surface area contributed by atoms with Crippen molar-refractivity contribution in [2.24, 2.45) is 5.10 Å². The highest BCUT2D eigenvalue weighted by molar-refractivity contribution is 7.99. The van der Waals surface area contributed by atoms with Gasteiger partial charge in [0.15, 0.2) is 6.61 Å². The van der Waals surface area contributed by atoms with E-state index >= 15 is 0 Å². The van der Waals surface area contributed by atoms with E-state index in [9.17, 15) is 4.79 Å². The van der Waals surface area contributed by atoms with Gasteiger partial charge in [0.1, 0.15) is 5.75 Å².